The summed E-state index contributed by atoms with van der Waals surface area (Å²) in [6.45, 7) is 9.86. The fourth-order valence-electron chi connectivity index (χ4n) is 2.39. The van der Waals surface area contributed by atoms with Gasteiger partial charge >= 0.3 is 6.09 Å². The number of hydrogen-bond acceptors (Lipinski definition) is 5. The standard InChI is InChI=1S/C18H36N4O4.HI/c1-18(2,3)26-17(23)22-10-6-9-20-16(19-4)21-11-7-12-24-14-15-8-5-13-25-15;/h15H,5-14H2,1-4H3,(H,22,23)(H2,19,20,21);1H. The first-order valence-electron chi connectivity index (χ1n) is 9.51. The summed E-state index contributed by atoms with van der Waals surface area (Å²) < 4.78 is 16.3. The lowest BCUT2D eigenvalue weighted by molar-refractivity contribution is 0.0168. The number of ether oxygens (including phenoxy) is 3. The number of alkyl carbamates (subject to hydrolysis) is 1. The van der Waals surface area contributed by atoms with Crippen molar-refractivity contribution < 1.29 is 19.0 Å². The van der Waals surface area contributed by atoms with E-state index in [4.69, 9.17) is 14.2 Å². The number of aliphatic imine (C=N–C) groups is 1. The number of nitrogens with one attached hydrogen (secondary N) is 3. The lowest BCUT2D eigenvalue weighted by Crippen LogP contribution is -2.39. The van der Waals surface area contributed by atoms with E-state index in [9.17, 15) is 4.79 Å². The molecule has 8 nitrogen and oxygen atoms in total. The summed E-state index contributed by atoms with van der Waals surface area (Å²) in [5, 5.41) is 9.19. The number of carbonyl (C=O) groups is 1. The quantitative estimate of drug-likeness (QED) is 0.185. The van der Waals surface area contributed by atoms with Crippen LogP contribution in [0.15, 0.2) is 4.99 Å². The lowest BCUT2D eigenvalue weighted by Gasteiger charge is -2.19. The van der Waals surface area contributed by atoms with Crippen LogP contribution in [0.1, 0.15) is 46.5 Å². The topological polar surface area (TPSA) is 93.2 Å². The minimum atomic E-state index is -0.470. The molecule has 0 aromatic heterocycles. The molecule has 0 spiro atoms. The zero-order chi connectivity index (χ0) is 19.3. The van der Waals surface area contributed by atoms with Gasteiger partial charge in [0.05, 0.1) is 12.7 Å². The molecular weight excluding hydrogens is 463 g/mol. The number of hydrogen-bond donors (Lipinski definition) is 3. The molecule has 1 heterocycles. The first-order chi connectivity index (χ1) is 12.4. The van der Waals surface area contributed by atoms with Crippen molar-refractivity contribution in [1.29, 1.82) is 0 Å². The van der Waals surface area contributed by atoms with Crippen LogP contribution in [0.4, 0.5) is 4.79 Å². The number of guanidine groups is 1. The predicted molar refractivity (Wildman–Crippen MR) is 118 cm³/mol. The molecular formula is C18H37IN4O4. The summed E-state index contributed by atoms with van der Waals surface area (Å²) in [6, 6.07) is 0. The van der Waals surface area contributed by atoms with E-state index in [0.717, 1.165) is 44.8 Å². The molecule has 160 valence electrons. The van der Waals surface area contributed by atoms with Crippen molar-refractivity contribution >= 4 is 36.0 Å². The minimum absolute atomic E-state index is 0. The van der Waals surface area contributed by atoms with Crippen LogP contribution in [-0.4, -0.2) is 70.3 Å². The van der Waals surface area contributed by atoms with Crippen LogP contribution in [0.3, 0.4) is 0 Å². The highest BCUT2D eigenvalue weighted by Gasteiger charge is 2.15. The van der Waals surface area contributed by atoms with Gasteiger partial charge in [-0.05, 0) is 46.5 Å². The van der Waals surface area contributed by atoms with Gasteiger partial charge in [0, 0.05) is 39.9 Å². The van der Waals surface area contributed by atoms with Gasteiger partial charge in [0.2, 0.25) is 0 Å². The molecule has 9 heteroatoms. The number of nitrogens with zero attached hydrogens (tertiary/aromatic N) is 1. The molecule has 1 unspecified atom stereocenters. The van der Waals surface area contributed by atoms with Gasteiger partial charge in [-0.15, -0.1) is 24.0 Å². The number of halogens is 1. The molecule has 1 atom stereocenters. The van der Waals surface area contributed by atoms with Gasteiger partial charge in [0.1, 0.15) is 5.60 Å². The zero-order valence-electron chi connectivity index (χ0n) is 17.1. The second kappa shape index (κ2) is 15.2. The average molecular weight is 500 g/mol. The molecule has 1 aliphatic rings. The van der Waals surface area contributed by atoms with Crippen LogP contribution in [0.2, 0.25) is 0 Å². The number of rotatable bonds is 10. The number of carbonyl (C=O) groups excluding carboxylic acids is 1. The van der Waals surface area contributed by atoms with Gasteiger partial charge in [-0.1, -0.05) is 0 Å². The van der Waals surface area contributed by atoms with Crippen LogP contribution in [0.25, 0.3) is 0 Å². The molecule has 1 aliphatic heterocycles. The first-order valence-corrected chi connectivity index (χ1v) is 9.51. The monoisotopic (exact) mass is 500 g/mol. The SMILES string of the molecule is CN=C(NCCCNC(=O)OC(C)(C)C)NCCCOCC1CCCO1.I. The molecule has 1 amide bonds. The van der Waals surface area contributed by atoms with Crippen molar-refractivity contribution in [1.82, 2.24) is 16.0 Å². The maximum Gasteiger partial charge on any atom is 0.407 e. The average Bonchev–Trinajstić information content (AvgIpc) is 3.07. The summed E-state index contributed by atoms with van der Waals surface area (Å²) in [5.74, 6) is 0.751. The smallest absolute Gasteiger partial charge is 0.407 e. The Hall–Kier alpha value is -0.810. The van der Waals surface area contributed by atoms with Crippen molar-refractivity contribution in [2.24, 2.45) is 4.99 Å². The van der Waals surface area contributed by atoms with Gasteiger partial charge in [0.15, 0.2) is 5.96 Å². The van der Waals surface area contributed by atoms with Gasteiger partial charge in [-0.25, -0.2) is 4.79 Å². The Morgan fingerprint density at radius 1 is 1.15 bits per heavy atom. The third kappa shape index (κ3) is 14.9. The van der Waals surface area contributed by atoms with Crippen molar-refractivity contribution in [3.63, 3.8) is 0 Å². The highest BCUT2D eigenvalue weighted by atomic mass is 127. The summed E-state index contributed by atoms with van der Waals surface area (Å²) in [4.78, 5) is 15.7. The molecule has 1 fully saturated rings. The lowest BCUT2D eigenvalue weighted by atomic mass is 10.2. The van der Waals surface area contributed by atoms with E-state index in [1.807, 2.05) is 20.8 Å². The number of amides is 1. The maximum atomic E-state index is 11.5. The van der Waals surface area contributed by atoms with Crippen molar-refractivity contribution in [3.05, 3.63) is 0 Å². The van der Waals surface area contributed by atoms with E-state index in [1.165, 1.54) is 0 Å². The first kappa shape index (κ1) is 26.2. The molecule has 0 aliphatic carbocycles. The normalized spacial score (nSPS) is 17.2. The van der Waals surface area contributed by atoms with E-state index >= 15 is 0 Å². The van der Waals surface area contributed by atoms with E-state index in [2.05, 4.69) is 20.9 Å². The van der Waals surface area contributed by atoms with E-state index < -0.39 is 5.60 Å². The Balaban J connectivity index is 0.00000676. The molecule has 3 N–H and O–H groups in total. The summed E-state index contributed by atoms with van der Waals surface area (Å²) in [7, 11) is 1.74. The van der Waals surface area contributed by atoms with Crippen molar-refractivity contribution in [3.8, 4) is 0 Å². The van der Waals surface area contributed by atoms with Crippen molar-refractivity contribution in [2.45, 2.75) is 58.2 Å². The van der Waals surface area contributed by atoms with Crippen LogP contribution >= 0.6 is 24.0 Å². The van der Waals surface area contributed by atoms with E-state index in [0.29, 0.717) is 26.3 Å². The Kier molecular flexibility index (Phi) is 14.7. The van der Waals surface area contributed by atoms with Crippen LogP contribution in [0, 0.1) is 0 Å². The predicted octanol–water partition coefficient (Wildman–Crippen LogP) is 2.27. The van der Waals surface area contributed by atoms with Crippen molar-refractivity contribution in [2.75, 3.05) is 46.5 Å². The summed E-state index contributed by atoms with van der Waals surface area (Å²) in [6.07, 6.45) is 3.84. The molecule has 0 aromatic rings. The molecule has 0 saturated carbocycles. The second-order valence-electron chi connectivity index (χ2n) is 7.27. The minimum Gasteiger partial charge on any atom is -0.444 e. The highest BCUT2D eigenvalue weighted by Crippen LogP contribution is 2.11. The Morgan fingerprint density at radius 2 is 1.81 bits per heavy atom. The highest BCUT2D eigenvalue weighted by molar-refractivity contribution is 14.0. The fourth-order valence-corrected chi connectivity index (χ4v) is 2.39. The van der Waals surface area contributed by atoms with Gasteiger partial charge < -0.3 is 30.2 Å². The molecule has 0 bridgehead atoms. The van der Waals surface area contributed by atoms with Crippen LogP contribution in [-0.2, 0) is 14.2 Å². The summed E-state index contributed by atoms with van der Waals surface area (Å²) >= 11 is 0. The molecule has 27 heavy (non-hydrogen) atoms. The molecule has 0 aromatic carbocycles. The van der Waals surface area contributed by atoms with E-state index in [-0.39, 0.29) is 36.2 Å². The largest absolute Gasteiger partial charge is 0.444 e. The van der Waals surface area contributed by atoms with Gasteiger partial charge in [0.25, 0.3) is 0 Å². The molecule has 1 rings (SSSR count). The van der Waals surface area contributed by atoms with Gasteiger partial charge in [-0.2, -0.15) is 0 Å². The Morgan fingerprint density at radius 3 is 2.41 bits per heavy atom. The third-order valence-electron chi connectivity index (χ3n) is 3.62. The Bertz CT molecular complexity index is 424. The van der Waals surface area contributed by atoms with E-state index in [1.54, 1.807) is 7.05 Å². The maximum absolute atomic E-state index is 11.5. The molecule has 1 saturated heterocycles. The van der Waals surface area contributed by atoms with Crippen LogP contribution in [0.5, 0.6) is 0 Å². The molecule has 0 radical (unpaired) electrons. The third-order valence-corrected chi connectivity index (χ3v) is 3.62. The fraction of sp³-hybridized carbons (Fsp3) is 0.889. The zero-order valence-corrected chi connectivity index (χ0v) is 19.5. The second-order valence-corrected chi connectivity index (χ2v) is 7.27. The van der Waals surface area contributed by atoms with Crippen LogP contribution < -0.4 is 16.0 Å². The Labute approximate surface area is 180 Å². The van der Waals surface area contributed by atoms with Gasteiger partial charge in [-0.3, -0.25) is 4.99 Å². The summed E-state index contributed by atoms with van der Waals surface area (Å²) in [5.41, 5.74) is -0.470.